The van der Waals surface area contributed by atoms with Gasteiger partial charge in [-0.3, -0.25) is 19.7 Å². The molecule has 2 aromatic heterocycles. The third-order valence-electron chi connectivity index (χ3n) is 7.93. The number of ketones is 2. The van der Waals surface area contributed by atoms with Crippen molar-refractivity contribution < 1.29 is 35.4 Å². The molecule has 1 saturated heterocycles. The highest BCUT2D eigenvalue weighted by molar-refractivity contribution is 6.28. The second kappa shape index (κ2) is 18.4. The number of anilines is 3. The Kier molecular flexibility index (Phi) is 13.8. The van der Waals surface area contributed by atoms with Gasteiger partial charge in [0.25, 0.3) is 0 Å². The van der Waals surface area contributed by atoms with E-state index >= 15 is 0 Å². The molecular weight excluding hydrogens is 636 g/mol. The molecule has 0 radical (unpaired) electrons. The molecule has 16 heteroatoms. The molecule has 0 spiro atoms. The fourth-order valence-electron chi connectivity index (χ4n) is 5.67. The molecule has 0 bridgehead atoms. The zero-order valence-electron chi connectivity index (χ0n) is 26.9. The highest BCUT2D eigenvalue weighted by Gasteiger charge is 2.28. The molecule has 0 amide bonds. The van der Waals surface area contributed by atoms with Gasteiger partial charge in [0.1, 0.15) is 11.0 Å². The minimum absolute atomic E-state index is 0.0641. The van der Waals surface area contributed by atoms with E-state index in [0.29, 0.717) is 77.2 Å². The van der Waals surface area contributed by atoms with Crippen LogP contribution in [-0.4, -0.2) is 118 Å². The van der Waals surface area contributed by atoms with Crippen molar-refractivity contribution in [2.45, 2.75) is 19.3 Å². The lowest BCUT2D eigenvalue weighted by Gasteiger charge is -2.30. The van der Waals surface area contributed by atoms with Crippen molar-refractivity contribution in [3.8, 4) is 0 Å². The van der Waals surface area contributed by atoms with Crippen LogP contribution in [0.5, 0.6) is 0 Å². The Morgan fingerprint density at radius 2 is 1.10 bits per heavy atom. The van der Waals surface area contributed by atoms with Crippen LogP contribution in [0.3, 0.4) is 0 Å². The van der Waals surface area contributed by atoms with Gasteiger partial charge in [-0.25, -0.2) is 15.0 Å². The maximum atomic E-state index is 12.1. The van der Waals surface area contributed by atoms with E-state index in [4.69, 9.17) is 15.1 Å². The number of benzene rings is 2. The van der Waals surface area contributed by atoms with E-state index in [9.17, 15) is 30.0 Å². The molecule has 2 aromatic carbocycles. The predicted octanol–water partition coefficient (Wildman–Crippen LogP) is -0.215. The number of hydrogen-bond donors (Lipinski definition) is 5. The van der Waals surface area contributed by atoms with Crippen molar-refractivity contribution in [1.29, 1.82) is 0 Å². The van der Waals surface area contributed by atoms with E-state index in [0.717, 1.165) is 25.9 Å². The average Bonchev–Trinajstić information content (AvgIpc) is 3.14. The fraction of sp³-hybridized carbons (Fsp3) is 0.394. The Hall–Kier alpha value is -5.16. The molecule has 6 rings (SSSR count). The molecule has 3 heterocycles. The summed E-state index contributed by atoms with van der Waals surface area (Å²) in [5.41, 5.74) is 3.20. The number of nitrogens with zero attached hydrogens (tertiary/aromatic N) is 7. The number of fused-ring (bicyclic) bond motifs is 3. The first kappa shape index (κ1) is 36.7. The van der Waals surface area contributed by atoms with Gasteiger partial charge in [0.05, 0.1) is 32.6 Å². The lowest BCUT2D eigenvalue weighted by molar-refractivity contribution is -0.398. The molecule has 1 fully saturated rings. The van der Waals surface area contributed by atoms with E-state index < -0.39 is 0 Å². The van der Waals surface area contributed by atoms with E-state index in [1.807, 2.05) is 0 Å². The standard InChI is InChI=1S/C19H31N7O4.C14H8O2.HNO2/c27-10-6-25(7-11-28)18-20-14-15-16(22-18)17(24-4-2-1-3-5-24)23-19(21-15)26(8-12-29)9-13-30;15-13-9-5-1-2-6-10(9)14(16)12-8-4-3-7-11(12)13;2-1-3/h14,27-30H,1-13H2;1-8H;1H. The fourth-order valence-corrected chi connectivity index (χ4v) is 5.67. The number of aliphatic hydroxyl groups excluding tert-OH is 4. The van der Waals surface area contributed by atoms with E-state index in [1.54, 1.807) is 64.5 Å². The van der Waals surface area contributed by atoms with Crippen molar-refractivity contribution in [3.63, 3.8) is 0 Å². The summed E-state index contributed by atoms with van der Waals surface area (Å²) in [7, 11) is 0. The number of carbonyl (C=O) groups is 2. The van der Waals surface area contributed by atoms with Crippen molar-refractivity contribution in [2.75, 3.05) is 80.4 Å². The van der Waals surface area contributed by atoms with Gasteiger partial charge in [0.2, 0.25) is 11.9 Å². The molecule has 260 valence electrons. The molecule has 0 saturated carbocycles. The molecule has 0 unspecified atom stereocenters. The highest BCUT2D eigenvalue weighted by Crippen LogP contribution is 2.29. The Morgan fingerprint density at radius 3 is 1.53 bits per heavy atom. The van der Waals surface area contributed by atoms with Crippen LogP contribution in [-0.2, 0) is 0 Å². The Morgan fingerprint density at radius 1 is 0.673 bits per heavy atom. The van der Waals surface area contributed by atoms with Crippen molar-refractivity contribution in [2.24, 2.45) is 0 Å². The predicted molar refractivity (Wildman–Crippen MR) is 181 cm³/mol. The third kappa shape index (κ3) is 8.85. The SMILES string of the molecule is O=C1c2ccccc2C(=O)c2ccccc21.O=[NH+][O-].OCCN(CCO)c1nc(N2CCCCC2)c2nc(N(CCO)CCO)ncc2n1. The minimum atomic E-state index is -0.0763. The summed E-state index contributed by atoms with van der Waals surface area (Å²) in [5, 5.41) is 45.8. The van der Waals surface area contributed by atoms with Crippen LogP contribution in [0.15, 0.2) is 54.7 Å². The summed E-state index contributed by atoms with van der Waals surface area (Å²) in [5.74, 6) is 1.40. The lowest BCUT2D eigenvalue weighted by atomic mass is 9.84. The maximum Gasteiger partial charge on any atom is 0.228 e. The van der Waals surface area contributed by atoms with Gasteiger partial charge in [-0.15, -0.1) is 0 Å². The van der Waals surface area contributed by atoms with Gasteiger partial charge in [0, 0.05) is 66.9 Å². The highest BCUT2D eigenvalue weighted by atomic mass is 16.6. The van der Waals surface area contributed by atoms with Crippen molar-refractivity contribution in [1.82, 2.24) is 19.9 Å². The molecule has 16 nitrogen and oxygen atoms in total. The Labute approximate surface area is 282 Å². The molecule has 1 aliphatic heterocycles. The van der Waals surface area contributed by atoms with Gasteiger partial charge in [-0.05, 0) is 19.3 Å². The van der Waals surface area contributed by atoms with Gasteiger partial charge >= 0.3 is 0 Å². The van der Waals surface area contributed by atoms with Crippen molar-refractivity contribution >= 4 is 40.3 Å². The monoisotopic (exact) mass is 676 g/mol. The van der Waals surface area contributed by atoms with Crippen LogP contribution in [0.25, 0.3) is 11.0 Å². The van der Waals surface area contributed by atoms with E-state index in [2.05, 4.69) is 19.9 Å². The number of rotatable bonds is 11. The summed E-state index contributed by atoms with van der Waals surface area (Å²) in [4.78, 5) is 56.4. The largest absolute Gasteiger partial charge is 0.395 e. The van der Waals surface area contributed by atoms with Crippen LogP contribution >= 0.6 is 0 Å². The van der Waals surface area contributed by atoms with Crippen LogP contribution in [0.1, 0.15) is 51.1 Å². The lowest BCUT2D eigenvalue weighted by Crippen LogP contribution is -2.53. The first-order valence-corrected chi connectivity index (χ1v) is 15.9. The van der Waals surface area contributed by atoms with Crippen LogP contribution < -0.4 is 20.0 Å². The number of piperidine rings is 1. The number of hydrogen-bond acceptors (Lipinski definition) is 15. The Bertz CT molecular complexity index is 1600. The quantitative estimate of drug-likeness (QED) is 0.0900. The van der Waals surface area contributed by atoms with Crippen LogP contribution in [0, 0.1) is 10.1 Å². The second-order valence-corrected chi connectivity index (χ2v) is 11.0. The molecule has 2 aliphatic rings. The van der Waals surface area contributed by atoms with Crippen molar-refractivity contribution in [3.05, 3.63) is 87.1 Å². The van der Waals surface area contributed by atoms with Crippen LogP contribution in [0.4, 0.5) is 17.7 Å². The first-order chi connectivity index (χ1) is 23.9. The topological polar surface area (TPSA) is 230 Å². The number of aromatic nitrogens is 4. The molecule has 4 aromatic rings. The molecule has 0 atom stereocenters. The number of nitrogens with one attached hydrogen (secondary N) is 1. The zero-order chi connectivity index (χ0) is 35.2. The van der Waals surface area contributed by atoms with Crippen LogP contribution in [0.2, 0.25) is 0 Å². The van der Waals surface area contributed by atoms with E-state index in [-0.39, 0.29) is 43.3 Å². The maximum absolute atomic E-state index is 12.1. The minimum Gasteiger partial charge on any atom is -0.395 e. The average molecular weight is 677 g/mol. The molecular formula is C33H40N8O8. The smallest absolute Gasteiger partial charge is 0.228 e. The molecule has 1 aliphatic carbocycles. The second-order valence-electron chi connectivity index (χ2n) is 11.0. The summed E-state index contributed by atoms with van der Waals surface area (Å²) >= 11 is 0. The van der Waals surface area contributed by atoms with Gasteiger partial charge in [-0.2, -0.15) is 4.98 Å². The van der Waals surface area contributed by atoms with Gasteiger partial charge in [0.15, 0.2) is 17.4 Å². The first-order valence-electron chi connectivity index (χ1n) is 15.9. The Balaban J connectivity index is 0.000000236. The third-order valence-corrected chi connectivity index (χ3v) is 7.93. The number of carbonyl (C=O) groups excluding carboxylic acids is 2. The normalized spacial score (nSPS) is 13.3. The summed E-state index contributed by atoms with van der Waals surface area (Å²) < 4.78 is 0. The summed E-state index contributed by atoms with van der Waals surface area (Å²) in [6.45, 7) is 2.66. The zero-order valence-corrected chi connectivity index (χ0v) is 26.9. The van der Waals surface area contributed by atoms with E-state index in [1.165, 1.54) is 6.42 Å². The number of aliphatic hydroxyl groups is 4. The molecule has 49 heavy (non-hydrogen) atoms. The molecule has 5 N–H and O–H groups in total. The summed E-state index contributed by atoms with van der Waals surface area (Å²) in [6.07, 6.45) is 4.93. The van der Waals surface area contributed by atoms with Gasteiger partial charge < -0.3 is 35.1 Å². The summed E-state index contributed by atoms with van der Waals surface area (Å²) in [6, 6.07) is 13.9. The van der Waals surface area contributed by atoms with Gasteiger partial charge in [-0.1, -0.05) is 48.5 Å².